The number of nitrogens with one attached hydrogen (secondary N) is 1. The van der Waals surface area contributed by atoms with Crippen LogP contribution >= 0.6 is 11.3 Å². The van der Waals surface area contributed by atoms with Gasteiger partial charge in [-0.3, -0.25) is 0 Å². The average Bonchev–Trinajstić information content (AvgIpc) is 2.84. The molecule has 0 saturated carbocycles. The highest BCUT2D eigenvalue weighted by molar-refractivity contribution is 7.89. The molecule has 20 heavy (non-hydrogen) atoms. The van der Waals surface area contributed by atoms with Crippen molar-refractivity contribution in [2.24, 2.45) is 0 Å². The van der Waals surface area contributed by atoms with E-state index in [0.717, 1.165) is 10.6 Å². The SMILES string of the molecule is CNc1ncc(S(=O)(=O)N(C)Cc2scnc2C)cn1. The Morgan fingerprint density at radius 2 is 1.95 bits per heavy atom. The lowest BCUT2D eigenvalue weighted by molar-refractivity contribution is 0.468. The Kier molecular flexibility index (Phi) is 4.31. The summed E-state index contributed by atoms with van der Waals surface area (Å²) < 4.78 is 26.0. The standard InChI is InChI=1S/C11H15N5O2S2/c1-8-10(19-7-15-8)6-16(3)20(17,18)9-4-13-11(12-2)14-5-9/h4-5,7H,6H2,1-3H3,(H,12,13,14). The molecule has 108 valence electrons. The quantitative estimate of drug-likeness (QED) is 0.889. The molecule has 0 aliphatic rings. The lowest BCUT2D eigenvalue weighted by Crippen LogP contribution is -2.26. The van der Waals surface area contributed by atoms with Crippen LogP contribution in [0.4, 0.5) is 5.95 Å². The minimum absolute atomic E-state index is 0.0705. The fraction of sp³-hybridized carbons (Fsp3) is 0.364. The van der Waals surface area contributed by atoms with Crippen LogP contribution in [0.3, 0.4) is 0 Å². The van der Waals surface area contributed by atoms with Crippen LogP contribution in [-0.4, -0.2) is 41.8 Å². The molecule has 0 bridgehead atoms. The summed E-state index contributed by atoms with van der Waals surface area (Å²) in [6.07, 6.45) is 2.59. The van der Waals surface area contributed by atoms with E-state index in [1.54, 1.807) is 12.6 Å². The predicted octanol–water partition coefficient (Wildman–Crippen LogP) is 1.10. The van der Waals surface area contributed by atoms with Crippen molar-refractivity contribution >= 4 is 27.3 Å². The molecule has 2 aromatic rings. The Morgan fingerprint density at radius 1 is 1.30 bits per heavy atom. The first-order chi connectivity index (χ1) is 9.45. The van der Waals surface area contributed by atoms with Crippen molar-refractivity contribution in [1.82, 2.24) is 19.3 Å². The molecule has 0 aliphatic heterocycles. The van der Waals surface area contributed by atoms with E-state index in [9.17, 15) is 8.42 Å². The number of hydrogen-bond donors (Lipinski definition) is 1. The molecule has 0 spiro atoms. The Hall–Kier alpha value is -1.58. The van der Waals surface area contributed by atoms with E-state index in [-0.39, 0.29) is 11.4 Å². The number of thiazole rings is 1. The number of aryl methyl sites for hydroxylation is 1. The highest BCUT2D eigenvalue weighted by atomic mass is 32.2. The van der Waals surface area contributed by atoms with Gasteiger partial charge in [0.1, 0.15) is 4.90 Å². The molecule has 0 radical (unpaired) electrons. The summed E-state index contributed by atoms with van der Waals surface area (Å²) >= 11 is 1.44. The van der Waals surface area contributed by atoms with Crippen LogP contribution in [-0.2, 0) is 16.6 Å². The van der Waals surface area contributed by atoms with Gasteiger partial charge in [0.05, 0.1) is 23.6 Å². The largest absolute Gasteiger partial charge is 0.357 e. The van der Waals surface area contributed by atoms with Crippen molar-refractivity contribution in [3.63, 3.8) is 0 Å². The Balaban J connectivity index is 2.22. The van der Waals surface area contributed by atoms with Crippen LogP contribution in [0.1, 0.15) is 10.6 Å². The fourth-order valence-electron chi connectivity index (χ4n) is 1.52. The van der Waals surface area contributed by atoms with Gasteiger partial charge in [0.15, 0.2) is 0 Å². The number of hydrogen-bond acceptors (Lipinski definition) is 7. The topological polar surface area (TPSA) is 88.1 Å². The summed E-state index contributed by atoms with van der Waals surface area (Å²) in [6.45, 7) is 2.14. The summed E-state index contributed by atoms with van der Waals surface area (Å²) in [5.41, 5.74) is 2.55. The molecule has 2 heterocycles. The molecule has 0 aliphatic carbocycles. The van der Waals surface area contributed by atoms with Gasteiger partial charge in [0, 0.05) is 25.5 Å². The zero-order valence-corrected chi connectivity index (χ0v) is 13.0. The van der Waals surface area contributed by atoms with Crippen molar-refractivity contribution in [3.8, 4) is 0 Å². The summed E-state index contributed by atoms with van der Waals surface area (Å²) in [7, 11) is -0.400. The number of anilines is 1. The van der Waals surface area contributed by atoms with Gasteiger partial charge < -0.3 is 5.32 Å². The number of rotatable bonds is 5. The second-order valence-electron chi connectivity index (χ2n) is 4.11. The van der Waals surface area contributed by atoms with Gasteiger partial charge in [-0.1, -0.05) is 0 Å². The minimum atomic E-state index is -3.60. The van der Waals surface area contributed by atoms with Crippen LogP contribution in [0.15, 0.2) is 22.8 Å². The number of sulfonamides is 1. The molecule has 0 unspecified atom stereocenters. The lowest BCUT2D eigenvalue weighted by Gasteiger charge is -2.16. The van der Waals surface area contributed by atoms with Gasteiger partial charge in [0.2, 0.25) is 16.0 Å². The van der Waals surface area contributed by atoms with Crippen LogP contribution in [0, 0.1) is 6.92 Å². The zero-order chi connectivity index (χ0) is 14.8. The van der Waals surface area contributed by atoms with Gasteiger partial charge in [-0.15, -0.1) is 11.3 Å². The molecule has 7 nitrogen and oxygen atoms in total. The summed E-state index contributed by atoms with van der Waals surface area (Å²) in [4.78, 5) is 12.9. The third kappa shape index (κ3) is 2.94. The molecule has 2 aromatic heterocycles. The third-order valence-electron chi connectivity index (χ3n) is 2.77. The van der Waals surface area contributed by atoms with E-state index >= 15 is 0 Å². The van der Waals surface area contributed by atoms with Crippen LogP contribution in [0.2, 0.25) is 0 Å². The fourth-order valence-corrected chi connectivity index (χ4v) is 3.47. The van der Waals surface area contributed by atoms with Crippen LogP contribution in [0.5, 0.6) is 0 Å². The summed E-state index contributed by atoms with van der Waals surface area (Å²) in [5, 5.41) is 2.74. The van der Waals surface area contributed by atoms with Crippen molar-refractivity contribution in [3.05, 3.63) is 28.5 Å². The second kappa shape index (κ2) is 5.81. The Morgan fingerprint density at radius 3 is 2.45 bits per heavy atom. The molecule has 2 rings (SSSR count). The van der Waals surface area contributed by atoms with Gasteiger partial charge in [-0.2, -0.15) is 4.31 Å². The maximum Gasteiger partial charge on any atom is 0.246 e. The van der Waals surface area contributed by atoms with Crippen molar-refractivity contribution in [2.75, 3.05) is 19.4 Å². The van der Waals surface area contributed by atoms with E-state index in [1.165, 1.54) is 35.1 Å². The molecule has 0 amide bonds. The highest BCUT2D eigenvalue weighted by Crippen LogP contribution is 2.19. The summed E-state index contributed by atoms with van der Waals surface area (Å²) in [6, 6.07) is 0. The molecular formula is C11H15N5O2S2. The molecule has 0 atom stereocenters. The first kappa shape index (κ1) is 14.8. The van der Waals surface area contributed by atoms with Crippen LogP contribution in [0.25, 0.3) is 0 Å². The molecule has 1 N–H and O–H groups in total. The van der Waals surface area contributed by atoms with E-state index < -0.39 is 10.0 Å². The smallest absolute Gasteiger partial charge is 0.246 e. The second-order valence-corrected chi connectivity index (χ2v) is 7.10. The molecular weight excluding hydrogens is 298 g/mol. The molecule has 0 saturated heterocycles. The molecule has 9 heteroatoms. The number of aromatic nitrogens is 3. The van der Waals surface area contributed by atoms with E-state index in [1.807, 2.05) is 6.92 Å². The van der Waals surface area contributed by atoms with Gasteiger partial charge in [-0.05, 0) is 6.92 Å². The van der Waals surface area contributed by atoms with E-state index in [4.69, 9.17) is 0 Å². The maximum absolute atomic E-state index is 12.4. The molecule has 0 fully saturated rings. The Labute approximate surface area is 121 Å². The van der Waals surface area contributed by atoms with Crippen LogP contribution < -0.4 is 5.32 Å². The minimum Gasteiger partial charge on any atom is -0.357 e. The monoisotopic (exact) mass is 313 g/mol. The normalized spacial score (nSPS) is 11.8. The van der Waals surface area contributed by atoms with Crippen molar-refractivity contribution < 1.29 is 8.42 Å². The van der Waals surface area contributed by atoms with Gasteiger partial charge in [-0.25, -0.2) is 23.4 Å². The van der Waals surface area contributed by atoms with Crippen molar-refractivity contribution in [2.45, 2.75) is 18.4 Å². The van der Waals surface area contributed by atoms with Crippen molar-refractivity contribution in [1.29, 1.82) is 0 Å². The number of nitrogens with zero attached hydrogens (tertiary/aromatic N) is 4. The van der Waals surface area contributed by atoms with Gasteiger partial charge in [0.25, 0.3) is 0 Å². The average molecular weight is 313 g/mol. The molecule has 0 aromatic carbocycles. The maximum atomic E-state index is 12.4. The van der Waals surface area contributed by atoms with Gasteiger partial charge >= 0.3 is 0 Å². The van der Waals surface area contributed by atoms with E-state index in [2.05, 4.69) is 20.3 Å². The Bertz CT molecular complexity index is 681. The highest BCUT2D eigenvalue weighted by Gasteiger charge is 2.23. The predicted molar refractivity (Wildman–Crippen MR) is 77.1 cm³/mol. The first-order valence-corrected chi connectivity index (χ1v) is 8.12. The summed E-state index contributed by atoms with van der Waals surface area (Å²) in [5.74, 6) is 0.380. The lowest BCUT2D eigenvalue weighted by atomic mass is 10.4. The van der Waals surface area contributed by atoms with E-state index in [0.29, 0.717) is 5.95 Å². The zero-order valence-electron chi connectivity index (χ0n) is 11.4. The first-order valence-electron chi connectivity index (χ1n) is 5.80. The third-order valence-corrected chi connectivity index (χ3v) is 5.45.